The number of carbonyl (C=O) groups excluding carboxylic acids is 2. The van der Waals surface area contributed by atoms with Gasteiger partial charge in [0.25, 0.3) is 5.91 Å². The van der Waals surface area contributed by atoms with Crippen molar-refractivity contribution in [1.82, 2.24) is 29.5 Å². The molecule has 0 radical (unpaired) electrons. The molecule has 0 saturated carbocycles. The van der Waals surface area contributed by atoms with E-state index in [2.05, 4.69) is 15.2 Å². The maximum absolute atomic E-state index is 12.4. The highest BCUT2D eigenvalue weighted by atomic mass is 16.2. The summed E-state index contributed by atoms with van der Waals surface area (Å²) in [7, 11) is 0. The summed E-state index contributed by atoms with van der Waals surface area (Å²) in [5.41, 5.74) is 0.535. The van der Waals surface area contributed by atoms with Crippen molar-refractivity contribution in [2.45, 2.75) is 6.92 Å². The molecule has 8 nitrogen and oxygen atoms in total. The van der Waals surface area contributed by atoms with Crippen LogP contribution in [0.4, 0.5) is 0 Å². The Hall–Kier alpha value is -2.77. The van der Waals surface area contributed by atoms with E-state index < -0.39 is 0 Å². The second-order valence-electron chi connectivity index (χ2n) is 5.07. The Morgan fingerprint density at radius 2 is 1.64 bits per heavy atom. The van der Waals surface area contributed by atoms with E-state index in [0.29, 0.717) is 37.6 Å². The third-order valence-electron chi connectivity index (χ3n) is 3.69. The van der Waals surface area contributed by atoms with Gasteiger partial charge in [-0.25, -0.2) is 4.98 Å². The van der Waals surface area contributed by atoms with E-state index in [1.54, 1.807) is 52.3 Å². The zero-order valence-electron chi connectivity index (χ0n) is 12.2. The summed E-state index contributed by atoms with van der Waals surface area (Å²) in [5.74, 6) is 0.640. The standard InChI is InChI=1S/C14H16N6O2/c1-11(21)18-4-6-19(7-5-18)14(22)12-2-3-13(15-8-12)20-9-16-17-10-20/h2-3,8-10H,4-7H2,1H3. The number of hydrogen-bond acceptors (Lipinski definition) is 5. The largest absolute Gasteiger partial charge is 0.339 e. The summed E-state index contributed by atoms with van der Waals surface area (Å²) >= 11 is 0. The third-order valence-corrected chi connectivity index (χ3v) is 3.69. The van der Waals surface area contributed by atoms with Crippen LogP contribution in [0.5, 0.6) is 0 Å². The van der Waals surface area contributed by atoms with Crippen molar-refractivity contribution in [1.29, 1.82) is 0 Å². The molecular formula is C14H16N6O2. The van der Waals surface area contributed by atoms with Gasteiger partial charge in [0.05, 0.1) is 5.56 Å². The zero-order chi connectivity index (χ0) is 15.5. The van der Waals surface area contributed by atoms with Crippen LogP contribution in [-0.4, -0.2) is 67.5 Å². The molecule has 0 aliphatic carbocycles. The van der Waals surface area contributed by atoms with Crippen LogP contribution in [0.3, 0.4) is 0 Å². The maximum Gasteiger partial charge on any atom is 0.255 e. The first-order valence-corrected chi connectivity index (χ1v) is 7.01. The van der Waals surface area contributed by atoms with Crippen molar-refractivity contribution >= 4 is 11.8 Å². The average Bonchev–Trinajstić information content (AvgIpc) is 3.09. The summed E-state index contributed by atoms with van der Waals surface area (Å²) < 4.78 is 1.67. The van der Waals surface area contributed by atoms with Crippen molar-refractivity contribution in [3.8, 4) is 5.82 Å². The highest BCUT2D eigenvalue weighted by molar-refractivity contribution is 5.94. The lowest BCUT2D eigenvalue weighted by atomic mass is 10.2. The van der Waals surface area contributed by atoms with E-state index in [4.69, 9.17) is 0 Å². The van der Waals surface area contributed by atoms with Crippen LogP contribution in [0.1, 0.15) is 17.3 Å². The molecule has 0 unspecified atom stereocenters. The summed E-state index contributed by atoms with van der Waals surface area (Å²) in [6.45, 7) is 3.79. The first kappa shape index (κ1) is 14.2. The van der Waals surface area contributed by atoms with Crippen molar-refractivity contribution in [2.75, 3.05) is 26.2 Å². The van der Waals surface area contributed by atoms with E-state index in [-0.39, 0.29) is 11.8 Å². The lowest BCUT2D eigenvalue weighted by Crippen LogP contribution is -2.50. The lowest BCUT2D eigenvalue weighted by molar-refractivity contribution is -0.130. The van der Waals surface area contributed by atoms with Gasteiger partial charge < -0.3 is 9.80 Å². The number of pyridine rings is 1. The first-order valence-electron chi connectivity index (χ1n) is 7.01. The Labute approximate surface area is 127 Å². The Morgan fingerprint density at radius 1 is 1.00 bits per heavy atom. The second kappa shape index (κ2) is 5.92. The van der Waals surface area contributed by atoms with Crippen molar-refractivity contribution in [3.05, 3.63) is 36.5 Å². The predicted octanol–water partition coefficient (Wildman–Crippen LogP) is -0.0334. The van der Waals surface area contributed by atoms with Crippen LogP contribution in [0.25, 0.3) is 5.82 Å². The van der Waals surface area contributed by atoms with E-state index in [9.17, 15) is 9.59 Å². The number of rotatable bonds is 2. The maximum atomic E-state index is 12.4. The molecule has 8 heteroatoms. The molecule has 0 bridgehead atoms. The Morgan fingerprint density at radius 3 is 2.18 bits per heavy atom. The van der Waals surface area contributed by atoms with Gasteiger partial charge >= 0.3 is 0 Å². The fourth-order valence-corrected chi connectivity index (χ4v) is 2.39. The summed E-state index contributed by atoms with van der Waals surface area (Å²) in [4.78, 5) is 31.5. The molecule has 1 aliphatic heterocycles. The number of hydrogen-bond donors (Lipinski definition) is 0. The Bertz CT molecular complexity index is 659. The highest BCUT2D eigenvalue weighted by Crippen LogP contribution is 2.10. The van der Waals surface area contributed by atoms with Crippen LogP contribution in [0.2, 0.25) is 0 Å². The van der Waals surface area contributed by atoms with Gasteiger partial charge in [-0.3, -0.25) is 14.2 Å². The van der Waals surface area contributed by atoms with E-state index >= 15 is 0 Å². The first-order chi connectivity index (χ1) is 10.6. The normalized spacial score (nSPS) is 15.0. The molecule has 2 aromatic heterocycles. The number of carbonyl (C=O) groups is 2. The van der Waals surface area contributed by atoms with Crippen molar-refractivity contribution < 1.29 is 9.59 Å². The van der Waals surface area contributed by atoms with Crippen LogP contribution in [0.15, 0.2) is 31.0 Å². The smallest absolute Gasteiger partial charge is 0.255 e. The van der Waals surface area contributed by atoms with Crippen LogP contribution >= 0.6 is 0 Å². The minimum atomic E-state index is -0.0639. The van der Waals surface area contributed by atoms with Crippen molar-refractivity contribution in [3.63, 3.8) is 0 Å². The molecule has 3 rings (SSSR count). The van der Waals surface area contributed by atoms with Gasteiger partial charge in [-0.05, 0) is 12.1 Å². The number of aromatic nitrogens is 4. The lowest BCUT2D eigenvalue weighted by Gasteiger charge is -2.34. The van der Waals surface area contributed by atoms with Gasteiger partial charge in [0.1, 0.15) is 18.5 Å². The van der Waals surface area contributed by atoms with E-state index in [1.165, 1.54) is 0 Å². The van der Waals surface area contributed by atoms with Gasteiger partial charge in [0, 0.05) is 39.3 Å². The molecule has 2 aromatic rings. The number of piperazine rings is 1. The molecule has 0 atom stereocenters. The van der Waals surface area contributed by atoms with Gasteiger partial charge in [0.15, 0.2) is 0 Å². The van der Waals surface area contributed by atoms with Gasteiger partial charge in [-0.1, -0.05) is 0 Å². The SMILES string of the molecule is CC(=O)N1CCN(C(=O)c2ccc(-n3cnnc3)nc2)CC1. The fraction of sp³-hybridized carbons (Fsp3) is 0.357. The molecule has 1 aliphatic rings. The number of nitrogens with zero attached hydrogens (tertiary/aromatic N) is 6. The predicted molar refractivity (Wildman–Crippen MR) is 77.3 cm³/mol. The van der Waals surface area contributed by atoms with Crippen LogP contribution in [0, 0.1) is 0 Å². The molecular weight excluding hydrogens is 284 g/mol. The minimum absolute atomic E-state index is 0.0482. The second-order valence-corrected chi connectivity index (χ2v) is 5.07. The summed E-state index contributed by atoms with van der Waals surface area (Å²) in [5, 5.41) is 7.43. The molecule has 1 saturated heterocycles. The highest BCUT2D eigenvalue weighted by Gasteiger charge is 2.23. The van der Waals surface area contributed by atoms with Gasteiger partial charge in [-0.2, -0.15) is 0 Å². The molecule has 0 N–H and O–H groups in total. The van der Waals surface area contributed by atoms with Gasteiger partial charge in [0.2, 0.25) is 5.91 Å². The van der Waals surface area contributed by atoms with Crippen LogP contribution in [-0.2, 0) is 4.79 Å². The molecule has 114 valence electrons. The molecule has 1 fully saturated rings. The van der Waals surface area contributed by atoms with Gasteiger partial charge in [-0.15, -0.1) is 10.2 Å². The molecule has 2 amide bonds. The fourth-order valence-electron chi connectivity index (χ4n) is 2.39. The quantitative estimate of drug-likeness (QED) is 0.777. The Balaban J connectivity index is 1.67. The Kier molecular flexibility index (Phi) is 3.82. The summed E-state index contributed by atoms with van der Waals surface area (Å²) in [6.07, 6.45) is 4.64. The number of amides is 2. The average molecular weight is 300 g/mol. The monoisotopic (exact) mass is 300 g/mol. The molecule has 0 spiro atoms. The third kappa shape index (κ3) is 2.80. The molecule has 22 heavy (non-hydrogen) atoms. The minimum Gasteiger partial charge on any atom is -0.339 e. The van der Waals surface area contributed by atoms with E-state index in [1.807, 2.05) is 0 Å². The molecule has 0 aromatic carbocycles. The van der Waals surface area contributed by atoms with E-state index in [0.717, 1.165) is 0 Å². The topological polar surface area (TPSA) is 84.2 Å². The molecule has 3 heterocycles. The zero-order valence-corrected chi connectivity index (χ0v) is 12.2. The van der Waals surface area contributed by atoms with Crippen molar-refractivity contribution in [2.24, 2.45) is 0 Å². The van der Waals surface area contributed by atoms with Crippen LogP contribution < -0.4 is 0 Å². The summed E-state index contributed by atoms with van der Waals surface area (Å²) in [6, 6.07) is 3.49.